The van der Waals surface area contributed by atoms with E-state index in [-0.39, 0.29) is 17.9 Å². The van der Waals surface area contributed by atoms with Crippen molar-refractivity contribution in [2.24, 2.45) is 0 Å². The van der Waals surface area contributed by atoms with Gasteiger partial charge < -0.3 is 19.4 Å². The highest BCUT2D eigenvalue weighted by atomic mass is 16.5. The zero-order valence-corrected chi connectivity index (χ0v) is 10.3. The first kappa shape index (κ1) is 13.6. The van der Waals surface area contributed by atoms with Gasteiger partial charge in [0.2, 0.25) is 11.5 Å². The van der Waals surface area contributed by atoms with Crippen molar-refractivity contribution in [3.8, 4) is 11.5 Å². The fourth-order valence-electron chi connectivity index (χ4n) is 1.70. The van der Waals surface area contributed by atoms with E-state index in [2.05, 4.69) is 0 Å². The molecule has 96 valence electrons. The van der Waals surface area contributed by atoms with Crippen LogP contribution in [0.5, 0.6) is 11.5 Å². The highest BCUT2D eigenvalue weighted by Gasteiger charge is 2.19. The van der Waals surface area contributed by atoms with E-state index in [0.717, 1.165) is 6.42 Å². The molecule has 0 bridgehead atoms. The lowest BCUT2D eigenvalue weighted by Crippen LogP contribution is -2.14. The second-order valence-corrected chi connectivity index (χ2v) is 3.94. The maximum absolute atomic E-state index is 11.7. The van der Waals surface area contributed by atoms with E-state index >= 15 is 0 Å². The van der Waals surface area contributed by atoms with E-state index in [1.54, 1.807) is 6.92 Å². The Balaban J connectivity index is 3.06. The van der Waals surface area contributed by atoms with E-state index in [4.69, 9.17) is 9.15 Å². The lowest BCUT2D eigenvalue weighted by atomic mass is 10.1. The minimum Gasteiger partial charge on any atom is -0.502 e. The summed E-state index contributed by atoms with van der Waals surface area (Å²) in [6.07, 6.45) is 0.914. The average molecular weight is 242 g/mol. The summed E-state index contributed by atoms with van der Waals surface area (Å²) in [6.45, 7) is 3.52. The molecule has 0 saturated carbocycles. The first-order valence-corrected chi connectivity index (χ1v) is 5.58. The highest BCUT2D eigenvalue weighted by molar-refractivity contribution is 5.36. The quantitative estimate of drug-likeness (QED) is 0.815. The van der Waals surface area contributed by atoms with Gasteiger partial charge in [0.25, 0.3) is 5.43 Å². The van der Waals surface area contributed by atoms with Crippen molar-refractivity contribution in [3.63, 3.8) is 0 Å². The molecule has 1 unspecified atom stereocenters. The van der Waals surface area contributed by atoms with Crippen molar-refractivity contribution in [2.75, 3.05) is 7.11 Å². The largest absolute Gasteiger partial charge is 0.502 e. The first-order chi connectivity index (χ1) is 8.01. The van der Waals surface area contributed by atoms with Crippen molar-refractivity contribution < 1.29 is 19.4 Å². The third-order valence-electron chi connectivity index (χ3n) is 2.53. The summed E-state index contributed by atoms with van der Waals surface area (Å²) in [5.41, 5.74) is -0.602. The number of ether oxygens (including phenoxy) is 1. The summed E-state index contributed by atoms with van der Waals surface area (Å²) < 4.78 is 10.1. The summed E-state index contributed by atoms with van der Waals surface area (Å²) >= 11 is 0. The Bertz CT molecular complexity index is 435. The molecule has 1 rings (SSSR count). The van der Waals surface area contributed by atoms with Crippen molar-refractivity contribution >= 4 is 0 Å². The third kappa shape index (κ3) is 3.00. The van der Waals surface area contributed by atoms with Gasteiger partial charge in [0.05, 0.1) is 13.2 Å². The standard InChI is InChI=1S/C12H18O5/c1-4-5-8(13)6-9-10(14)11(15)12(16-3)7(2)17-9/h8,13-14H,4-6H2,1-3H3. The van der Waals surface area contributed by atoms with Crippen LogP contribution in [0.25, 0.3) is 0 Å². The molecule has 0 aliphatic rings. The van der Waals surface area contributed by atoms with Gasteiger partial charge in [0.1, 0.15) is 5.76 Å². The van der Waals surface area contributed by atoms with Gasteiger partial charge in [-0.1, -0.05) is 13.3 Å². The molecule has 0 radical (unpaired) electrons. The molecule has 5 nitrogen and oxygen atoms in total. The van der Waals surface area contributed by atoms with E-state index < -0.39 is 17.3 Å². The second-order valence-electron chi connectivity index (χ2n) is 3.94. The Labute approximate surface area is 99.7 Å². The van der Waals surface area contributed by atoms with E-state index in [9.17, 15) is 15.0 Å². The summed E-state index contributed by atoms with van der Waals surface area (Å²) in [6, 6.07) is 0. The van der Waals surface area contributed by atoms with E-state index in [0.29, 0.717) is 12.2 Å². The predicted octanol–water partition coefficient (Wildman–Crippen LogP) is 1.37. The minimum atomic E-state index is -0.623. The molecule has 2 N–H and O–H groups in total. The third-order valence-corrected chi connectivity index (χ3v) is 2.53. The fourth-order valence-corrected chi connectivity index (χ4v) is 1.70. The number of aliphatic hydroxyl groups excluding tert-OH is 1. The Morgan fingerprint density at radius 1 is 1.47 bits per heavy atom. The molecular weight excluding hydrogens is 224 g/mol. The summed E-state index contributed by atoms with van der Waals surface area (Å²) in [7, 11) is 1.34. The van der Waals surface area contributed by atoms with Crippen LogP contribution in [0.1, 0.15) is 31.3 Å². The maximum Gasteiger partial charge on any atom is 0.268 e. The SMILES string of the molecule is CCCC(O)Cc1oc(C)c(OC)c(=O)c1O. The molecule has 0 fully saturated rings. The molecule has 1 aromatic heterocycles. The van der Waals surface area contributed by atoms with Gasteiger partial charge in [-0.3, -0.25) is 4.79 Å². The van der Waals surface area contributed by atoms with Crippen LogP contribution in [-0.2, 0) is 6.42 Å². The molecule has 0 saturated heterocycles. The Hall–Kier alpha value is -1.49. The van der Waals surface area contributed by atoms with Gasteiger partial charge in [0, 0.05) is 6.42 Å². The van der Waals surface area contributed by atoms with Crippen LogP contribution in [0.15, 0.2) is 9.21 Å². The summed E-state index contributed by atoms with van der Waals surface area (Å²) in [5, 5.41) is 19.3. The van der Waals surface area contributed by atoms with Crippen LogP contribution in [0.4, 0.5) is 0 Å². The topological polar surface area (TPSA) is 79.9 Å². The molecule has 1 heterocycles. The zero-order valence-electron chi connectivity index (χ0n) is 10.3. The van der Waals surface area contributed by atoms with Crippen LogP contribution < -0.4 is 10.2 Å². The van der Waals surface area contributed by atoms with Gasteiger partial charge in [-0.2, -0.15) is 0 Å². The predicted molar refractivity (Wildman–Crippen MR) is 62.6 cm³/mol. The molecule has 0 aliphatic heterocycles. The highest BCUT2D eigenvalue weighted by Crippen LogP contribution is 2.23. The number of aromatic hydroxyl groups is 1. The van der Waals surface area contributed by atoms with Crippen molar-refractivity contribution in [1.29, 1.82) is 0 Å². The molecule has 1 aromatic rings. The Morgan fingerprint density at radius 2 is 2.12 bits per heavy atom. The van der Waals surface area contributed by atoms with Gasteiger partial charge in [-0.15, -0.1) is 0 Å². The number of rotatable bonds is 5. The normalized spacial score (nSPS) is 12.5. The van der Waals surface area contributed by atoms with Crippen molar-refractivity contribution in [2.45, 2.75) is 39.2 Å². The van der Waals surface area contributed by atoms with Crippen LogP contribution in [0, 0.1) is 6.92 Å². The zero-order chi connectivity index (χ0) is 13.0. The molecule has 0 aromatic carbocycles. The van der Waals surface area contributed by atoms with Gasteiger partial charge in [0.15, 0.2) is 5.76 Å². The average Bonchev–Trinajstić information content (AvgIpc) is 2.26. The summed E-state index contributed by atoms with van der Waals surface area (Å²) in [5.74, 6) is -0.0814. The van der Waals surface area contributed by atoms with Crippen LogP contribution in [0.3, 0.4) is 0 Å². The first-order valence-electron chi connectivity index (χ1n) is 5.58. The van der Waals surface area contributed by atoms with Crippen LogP contribution >= 0.6 is 0 Å². The molecular formula is C12H18O5. The van der Waals surface area contributed by atoms with Crippen LogP contribution in [-0.4, -0.2) is 23.4 Å². The van der Waals surface area contributed by atoms with E-state index in [1.807, 2.05) is 6.92 Å². The van der Waals surface area contributed by atoms with Gasteiger partial charge >= 0.3 is 0 Å². The fraction of sp³-hybridized carbons (Fsp3) is 0.583. The Kier molecular flexibility index (Phi) is 4.57. The molecule has 0 amide bonds. The number of methoxy groups -OCH3 is 1. The maximum atomic E-state index is 11.7. The second kappa shape index (κ2) is 5.72. The van der Waals surface area contributed by atoms with Crippen LogP contribution in [0.2, 0.25) is 0 Å². The molecule has 0 spiro atoms. The monoisotopic (exact) mass is 242 g/mol. The number of hydrogen-bond donors (Lipinski definition) is 2. The lowest BCUT2D eigenvalue weighted by Gasteiger charge is -2.11. The number of aliphatic hydroxyl groups is 1. The number of aryl methyl sites for hydroxylation is 1. The Morgan fingerprint density at radius 3 is 2.65 bits per heavy atom. The van der Waals surface area contributed by atoms with Crippen molar-refractivity contribution in [1.82, 2.24) is 0 Å². The van der Waals surface area contributed by atoms with Crippen molar-refractivity contribution in [3.05, 3.63) is 21.7 Å². The smallest absolute Gasteiger partial charge is 0.268 e. The molecule has 1 atom stereocenters. The van der Waals surface area contributed by atoms with Gasteiger partial charge in [-0.05, 0) is 13.3 Å². The van der Waals surface area contributed by atoms with Gasteiger partial charge in [-0.25, -0.2) is 0 Å². The molecule has 5 heteroatoms. The molecule has 17 heavy (non-hydrogen) atoms. The lowest BCUT2D eigenvalue weighted by molar-refractivity contribution is 0.153. The summed E-state index contributed by atoms with van der Waals surface area (Å²) in [4.78, 5) is 11.7. The minimum absolute atomic E-state index is 0.00349. The number of hydrogen-bond acceptors (Lipinski definition) is 5. The van der Waals surface area contributed by atoms with E-state index in [1.165, 1.54) is 7.11 Å². The molecule has 0 aliphatic carbocycles.